The number of nitrogens with zero attached hydrogens (tertiary/aromatic N) is 1. The Balaban J connectivity index is 2.28. The predicted octanol–water partition coefficient (Wildman–Crippen LogP) is -0.236. The highest BCUT2D eigenvalue weighted by atomic mass is 16.5. The Morgan fingerprint density at radius 1 is 1.45 bits per heavy atom. The van der Waals surface area contributed by atoms with Gasteiger partial charge in [0.25, 0.3) is 5.91 Å². The van der Waals surface area contributed by atoms with Crippen LogP contribution in [0.4, 0.5) is 5.69 Å². The van der Waals surface area contributed by atoms with Crippen molar-refractivity contribution in [1.29, 1.82) is 0 Å². The van der Waals surface area contributed by atoms with Crippen molar-refractivity contribution in [3.63, 3.8) is 0 Å². The van der Waals surface area contributed by atoms with E-state index in [0.29, 0.717) is 17.0 Å². The molecule has 3 amide bonds. The van der Waals surface area contributed by atoms with E-state index >= 15 is 0 Å². The number of piperazine rings is 1. The van der Waals surface area contributed by atoms with Crippen molar-refractivity contribution >= 4 is 23.4 Å². The first-order valence-corrected chi connectivity index (χ1v) is 6.02. The Labute approximate surface area is 115 Å². The molecule has 1 aliphatic rings. The van der Waals surface area contributed by atoms with Gasteiger partial charge >= 0.3 is 0 Å². The number of nitrogens with two attached hydrogens (primary N) is 1. The molecule has 0 bridgehead atoms. The van der Waals surface area contributed by atoms with E-state index in [9.17, 15) is 14.4 Å². The average Bonchev–Trinajstić information content (AvgIpc) is 2.42. The molecule has 1 heterocycles. The van der Waals surface area contributed by atoms with Gasteiger partial charge in [-0.05, 0) is 25.1 Å². The second kappa shape index (κ2) is 5.20. The normalized spacial score (nSPS) is 18.7. The number of hydrogen-bond acceptors (Lipinski definition) is 5. The maximum atomic E-state index is 12.4. The Morgan fingerprint density at radius 3 is 2.75 bits per heavy atom. The molecule has 1 fully saturated rings. The summed E-state index contributed by atoms with van der Waals surface area (Å²) in [5.74, 6) is -0.948. The van der Waals surface area contributed by atoms with Gasteiger partial charge in [-0.2, -0.15) is 0 Å². The van der Waals surface area contributed by atoms with Crippen LogP contribution in [0.1, 0.15) is 17.3 Å². The summed E-state index contributed by atoms with van der Waals surface area (Å²) >= 11 is 0. The molecule has 1 unspecified atom stereocenters. The van der Waals surface area contributed by atoms with Crippen LogP contribution in [0.25, 0.3) is 0 Å². The van der Waals surface area contributed by atoms with E-state index in [4.69, 9.17) is 10.5 Å². The van der Waals surface area contributed by atoms with Gasteiger partial charge in [0.05, 0.1) is 12.8 Å². The third kappa shape index (κ3) is 2.42. The number of rotatable bonds is 2. The highest BCUT2D eigenvalue weighted by Gasteiger charge is 2.34. The number of methoxy groups -OCH3 is 1. The summed E-state index contributed by atoms with van der Waals surface area (Å²) in [5, 5.41) is 2.18. The molecule has 0 radical (unpaired) electrons. The Bertz CT molecular complexity index is 585. The largest absolute Gasteiger partial charge is 0.495 e. The van der Waals surface area contributed by atoms with Crippen molar-refractivity contribution in [2.75, 3.05) is 19.4 Å². The molecule has 0 spiro atoms. The van der Waals surface area contributed by atoms with Gasteiger partial charge in [-0.15, -0.1) is 0 Å². The molecule has 0 aromatic heterocycles. The highest BCUT2D eigenvalue weighted by molar-refractivity contribution is 6.07. The van der Waals surface area contributed by atoms with Crippen molar-refractivity contribution in [2.24, 2.45) is 0 Å². The Hall–Kier alpha value is -2.57. The van der Waals surface area contributed by atoms with Crippen LogP contribution in [0, 0.1) is 0 Å². The number of nitrogen functional groups attached to an aromatic ring is 1. The van der Waals surface area contributed by atoms with Gasteiger partial charge in [-0.3, -0.25) is 19.7 Å². The Morgan fingerprint density at radius 2 is 2.15 bits per heavy atom. The number of ether oxygens (including phenoxy) is 1. The summed E-state index contributed by atoms with van der Waals surface area (Å²) in [6, 6.07) is 3.87. The quantitative estimate of drug-likeness (QED) is 0.574. The fourth-order valence-electron chi connectivity index (χ4n) is 2.00. The van der Waals surface area contributed by atoms with Crippen LogP contribution in [-0.2, 0) is 9.59 Å². The van der Waals surface area contributed by atoms with Crippen LogP contribution < -0.4 is 15.8 Å². The summed E-state index contributed by atoms with van der Waals surface area (Å²) in [6.45, 7) is 1.41. The van der Waals surface area contributed by atoms with Crippen LogP contribution in [0.5, 0.6) is 5.75 Å². The number of hydrogen-bond donors (Lipinski definition) is 2. The molecule has 7 heteroatoms. The molecule has 0 aliphatic carbocycles. The predicted molar refractivity (Wildman–Crippen MR) is 71.1 cm³/mol. The molecule has 1 aromatic rings. The standard InChI is InChI=1S/C13H15N3O4/c1-7-12(18)15-11(17)6-16(7)13(19)8-3-4-10(20-2)9(14)5-8/h3-5,7H,6,14H2,1-2H3,(H,15,17,18). The molecule has 1 aliphatic heterocycles. The van der Waals surface area contributed by atoms with E-state index in [0.717, 1.165) is 0 Å². The maximum Gasteiger partial charge on any atom is 0.255 e. The lowest BCUT2D eigenvalue weighted by molar-refractivity contribution is -0.138. The number of carbonyl (C=O) groups excluding carboxylic acids is 3. The van der Waals surface area contributed by atoms with E-state index in [2.05, 4.69) is 5.32 Å². The zero-order valence-electron chi connectivity index (χ0n) is 11.2. The van der Waals surface area contributed by atoms with Crippen molar-refractivity contribution in [3.05, 3.63) is 23.8 Å². The zero-order chi connectivity index (χ0) is 14.9. The number of imide groups is 1. The highest BCUT2D eigenvalue weighted by Crippen LogP contribution is 2.23. The fourth-order valence-corrected chi connectivity index (χ4v) is 2.00. The Kier molecular flexibility index (Phi) is 3.60. The average molecular weight is 277 g/mol. The van der Waals surface area contributed by atoms with Gasteiger partial charge in [-0.25, -0.2) is 0 Å². The first-order chi connectivity index (χ1) is 9.43. The molecular formula is C13H15N3O4. The van der Waals surface area contributed by atoms with Crippen molar-refractivity contribution in [3.8, 4) is 5.75 Å². The van der Waals surface area contributed by atoms with Crippen molar-refractivity contribution in [2.45, 2.75) is 13.0 Å². The lowest BCUT2D eigenvalue weighted by Crippen LogP contribution is -2.58. The van der Waals surface area contributed by atoms with Gasteiger partial charge < -0.3 is 15.4 Å². The molecule has 1 saturated heterocycles. The minimum Gasteiger partial charge on any atom is -0.495 e. The van der Waals surface area contributed by atoms with Gasteiger partial charge in [-0.1, -0.05) is 0 Å². The second-order valence-corrected chi connectivity index (χ2v) is 4.48. The molecule has 1 atom stereocenters. The number of anilines is 1. The summed E-state index contributed by atoms with van der Waals surface area (Å²) < 4.78 is 5.01. The fraction of sp³-hybridized carbons (Fsp3) is 0.308. The first-order valence-electron chi connectivity index (χ1n) is 6.02. The van der Waals surface area contributed by atoms with Gasteiger partial charge in [0, 0.05) is 5.56 Å². The van der Waals surface area contributed by atoms with E-state index in [1.165, 1.54) is 18.1 Å². The van der Waals surface area contributed by atoms with Crippen LogP contribution >= 0.6 is 0 Å². The van der Waals surface area contributed by atoms with Crippen LogP contribution in [-0.4, -0.2) is 42.3 Å². The van der Waals surface area contributed by atoms with Crippen LogP contribution in [0.3, 0.4) is 0 Å². The molecule has 106 valence electrons. The first kappa shape index (κ1) is 13.9. The summed E-state index contributed by atoms with van der Waals surface area (Å²) in [5.41, 5.74) is 6.37. The minimum atomic E-state index is -0.705. The summed E-state index contributed by atoms with van der Waals surface area (Å²) in [4.78, 5) is 36.5. The number of nitrogens with one attached hydrogen (secondary N) is 1. The van der Waals surface area contributed by atoms with E-state index in [1.54, 1.807) is 19.1 Å². The van der Waals surface area contributed by atoms with Gasteiger partial charge in [0.15, 0.2) is 0 Å². The number of amides is 3. The van der Waals surface area contributed by atoms with Crippen LogP contribution in [0.15, 0.2) is 18.2 Å². The molecule has 20 heavy (non-hydrogen) atoms. The topological polar surface area (TPSA) is 102 Å². The minimum absolute atomic E-state index is 0.155. The second-order valence-electron chi connectivity index (χ2n) is 4.48. The van der Waals surface area contributed by atoms with Gasteiger partial charge in [0.2, 0.25) is 11.8 Å². The lowest BCUT2D eigenvalue weighted by Gasteiger charge is -2.31. The maximum absolute atomic E-state index is 12.4. The molecule has 0 saturated carbocycles. The zero-order valence-corrected chi connectivity index (χ0v) is 11.2. The van der Waals surface area contributed by atoms with E-state index in [-0.39, 0.29) is 6.54 Å². The van der Waals surface area contributed by atoms with E-state index in [1.807, 2.05) is 0 Å². The number of benzene rings is 1. The summed E-state index contributed by atoms with van der Waals surface area (Å²) in [6.07, 6.45) is 0. The third-order valence-electron chi connectivity index (χ3n) is 3.16. The van der Waals surface area contributed by atoms with Gasteiger partial charge in [0.1, 0.15) is 18.3 Å². The third-order valence-corrected chi connectivity index (χ3v) is 3.16. The van der Waals surface area contributed by atoms with Crippen molar-refractivity contribution in [1.82, 2.24) is 10.2 Å². The number of carbonyl (C=O) groups is 3. The van der Waals surface area contributed by atoms with Crippen LogP contribution in [0.2, 0.25) is 0 Å². The molecule has 2 rings (SSSR count). The monoisotopic (exact) mass is 277 g/mol. The molecule has 3 N–H and O–H groups in total. The molecular weight excluding hydrogens is 262 g/mol. The van der Waals surface area contributed by atoms with Crippen molar-refractivity contribution < 1.29 is 19.1 Å². The smallest absolute Gasteiger partial charge is 0.255 e. The van der Waals surface area contributed by atoms with E-state index < -0.39 is 23.8 Å². The SMILES string of the molecule is COc1ccc(C(=O)N2CC(=O)NC(=O)C2C)cc1N. The lowest BCUT2D eigenvalue weighted by atomic mass is 10.1. The molecule has 7 nitrogen and oxygen atoms in total. The summed E-state index contributed by atoms with van der Waals surface area (Å²) in [7, 11) is 1.48. The molecule has 1 aromatic carbocycles.